The third-order valence-corrected chi connectivity index (χ3v) is 6.62. The standard InChI is InChI=1S/C17H24O4/c1-5-19-17-9-16-13(20-16)7-6-10(2)15(16,4)8-12(17)11(3)14(18)21-17/h10,13H,5-9H2,1-4H3/t10-,13+,15+,16+,17+/m0/s1. The number of hydrogen-bond donors (Lipinski definition) is 0. The number of fused-ring (bicyclic) bond motifs is 1. The van der Waals surface area contributed by atoms with Gasteiger partial charge in [0, 0.05) is 29.6 Å². The van der Waals surface area contributed by atoms with E-state index in [9.17, 15) is 4.79 Å². The Labute approximate surface area is 125 Å². The Kier molecular flexibility index (Phi) is 2.56. The first-order valence-corrected chi connectivity index (χ1v) is 8.14. The molecule has 1 spiro atoms. The highest BCUT2D eigenvalue weighted by atomic mass is 16.7. The molecule has 1 saturated heterocycles. The highest BCUT2D eigenvalue weighted by Crippen LogP contribution is 2.70. The molecule has 21 heavy (non-hydrogen) atoms. The Balaban J connectivity index is 1.82. The molecule has 0 aromatic rings. The summed E-state index contributed by atoms with van der Waals surface area (Å²) in [5, 5.41) is 0. The molecule has 2 heterocycles. The fourth-order valence-corrected chi connectivity index (χ4v) is 5.05. The van der Waals surface area contributed by atoms with Gasteiger partial charge in [-0.1, -0.05) is 13.8 Å². The predicted molar refractivity (Wildman–Crippen MR) is 76.5 cm³/mol. The van der Waals surface area contributed by atoms with Crippen LogP contribution in [0.5, 0.6) is 0 Å². The summed E-state index contributed by atoms with van der Waals surface area (Å²) in [4.78, 5) is 12.1. The van der Waals surface area contributed by atoms with Crippen molar-refractivity contribution in [3.05, 3.63) is 11.1 Å². The molecule has 0 bridgehead atoms. The van der Waals surface area contributed by atoms with Crippen molar-refractivity contribution in [1.82, 2.24) is 0 Å². The van der Waals surface area contributed by atoms with E-state index in [1.165, 1.54) is 6.42 Å². The molecule has 4 nitrogen and oxygen atoms in total. The molecule has 0 radical (unpaired) electrons. The number of hydrogen-bond acceptors (Lipinski definition) is 4. The van der Waals surface area contributed by atoms with Crippen molar-refractivity contribution in [2.24, 2.45) is 11.3 Å². The van der Waals surface area contributed by atoms with Crippen molar-refractivity contribution >= 4 is 5.97 Å². The summed E-state index contributed by atoms with van der Waals surface area (Å²) in [7, 11) is 0. The van der Waals surface area contributed by atoms with Gasteiger partial charge in [-0.15, -0.1) is 0 Å². The Hall–Kier alpha value is -0.870. The molecule has 0 aromatic heterocycles. The van der Waals surface area contributed by atoms with E-state index in [1.54, 1.807) is 0 Å². The van der Waals surface area contributed by atoms with Crippen molar-refractivity contribution < 1.29 is 19.0 Å². The first kappa shape index (κ1) is 13.8. The Morgan fingerprint density at radius 2 is 2.14 bits per heavy atom. The van der Waals surface area contributed by atoms with Gasteiger partial charge < -0.3 is 14.2 Å². The molecule has 2 aliphatic carbocycles. The molecule has 116 valence electrons. The lowest BCUT2D eigenvalue weighted by Crippen LogP contribution is -2.57. The topological polar surface area (TPSA) is 48.1 Å². The van der Waals surface area contributed by atoms with Crippen molar-refractivity contribution in [3.63, 3.8) is 0 Å². The van der Waals surface area contributed by atoms with Crippen LogP contribution in [0.4, 0.5) is 0 Å². The van der Waals surface area contributed by atoms with E-state index in [-0.39, 0.29) is 17.0 Å². The van der Waals surface area contributed by atoms with Crippen LogP contribution in [0.15, 0.2) is 11.1 Å². The van der Waals surface area contributed by atoms with Gasteiger partial charge in [0.25, 0.3) is 0 Å². The van der Waals surface area contributed by atoms with Crippen molar-refractivity contribution in [2.75, 3.05) is 6.61 Å². The number of carbonyl (C=O) groups is 1. The Bertz CT molecular complexity index is 553. The molecule has 0 aromatic carbocycles. The van der Waals surface area contributed by atoms with Crippen molar-refractivity contribution in [1.29, 1.82) is 0 Å². The van der Waals surface area contributed by atoms with Gasteiger partial charge in [0.1, 0.15) is 5.60 Å². The van der Waals surface area contributed by atoms with Crippen LogP contribution in [0.2, 0.25) is 0 Å². The summed E-state index contributed by atoms with van der Waals surface area (Å²) in [5.41, 5.74) is 1.73. The minimum absolute atomic E-state index is 0.0844. The average molecular weight is 292 g/mol. The van der Waals surface area contributed by atoms with E-state index in [4.69, 9.17) is 14.2 Å². The van der Waals surface area contributed by atoms with E-state index in [0.717, 1.165) is 24.0 Å². The maximum absolute atomic E-state index is 12.1. The van der Waals surface area contributed by atoms with Crippen LogP contribution in [0, 0.1) is 11.3 Å². The van der Waals surface area contributed by atoms with Crippen LogP contribution < -0.4 is 0 Å². The summed E-state index contributed by atoms with van der Waals surface area (Å²) < 4.78 is 17.9. The summed E-state index contributed by atoms with van der Waals surface area (Å²) in [6.45, 7) is 9.01. The molecule has 2 aliphatic heterocycles. The maximum atomic E-state index is 12.1. The molecule has 0 unspecified atom stereocenters. The van der Waals surface area contributed by atoms with Crippen LogP contribution in [-0.4, -0.2) is 30.1 Å². The zero-order valence-corrected chi connectivity index (χ0v) is 13.3. The van der Waals surface area contributed by atoms with E-state index in [0.29, 0.717) is 25.0 Å². The van der Waals surface area contributed by atoms with E-state index in [1.807, 2.05) is 13.8 Å². The zero-order valence-electron chi connectivity index (χ0n) is 13.3. The molecule has 3 fully saturated rings. The third-order valence-electron chi connectivity index (χ3n) is 6.62. The van der Waals surface area contributed by atoms with E-state index < -0.39 is 5.79 Å². The second-order valence-electron chi connectivity index (χ2n) is 7.42. The molecule has 0 N–H and O–H groups in total. The first-order chi connectivity index (χ1) is 9.88. The monoisotopic (exact) mass is 292 g/mol. The van der Waals surface area contributed by atoms with Crippen LogP contribution in [0.1, 0.15) is 53.4 Å². The van der Waals surface area contributed by atoms with Gasteiger partial charge in [-0.05, 0) is 39.0 Å². The Morgan fingerprint density at radius 1 is 1.38 bits per heavy atom. The molecule has 5 atom stereocenters. The summed E-state index contributed by atoms with van der Waals surface area (Å²) >= 11 is 0. The minimum Gasteiger partial charge on any atom is -0.425 e. The van der Waals surface area contributed by atoms with E-state index in [2.05, 4.69) is 13.8 Å². The van der Waals surface area contributed by atoms with Gasteiger partial charge >= 0.3 is 5.97 Å². The lowest BCUT2D eigenvalue weighted by Gasteiger charge is -2.52. The number of epoxide rings is 1. The summed E-state index contributed by atoms with van der Waals surface area (Å²) in [5.74, 6) is -0.491. The number of esters is 1. The quantitative estimate of drug-likeness (QED) is 0.580. The Morgan fingerprint density at radius 3 is 2.86 bits per heavy atom. The lowest BCUT2D eigenvalue weighted by molar-refractivity contribution is -0.226. The lowest BCUT2D eigenvalue weighted by atomic mass is 9.53. The van der Waals surface area contributed by atoms with Crippen LogP contribution in [-0.2, 0) is 19.0 Å². The largest absolute Gasteiger partial charge is 0.425 e. The molecular weight excluding hydrogens is 268 g/mol. The van der Waals surface area contributed by atoms with Crippen molar-refractivity contribution in [3.8, 4) is 0 Å². The van der Waals surface area contributed by atoms with Crippen LogP contribution in [0.25, 0.3) is 0 Å². The molecule has 4 aliphatic rings. The zero-order chi connectivity index (χ0) is 15.0. The second kappa shape index (κ2) is 3.90. The van der Waals surface area contributed by atoms with Gasteiger partial charge in [-0.2, -0.15) is 0 Å². The number of rotatable bonds is 2. The molecule has 0 amide bonds. The van der Waals surface area contributed by atoms with Crippen LogP contribution in [0.3, 0.4) is 0 Å². The van der Waals surface area contributed by atoms with Gasteiger partial charge in [0.15, 0.2) is 0 Å². The molecule has 4 rings (SSSR count). The number of ether oxygens (including phenoxy) is 3. The molecule has 4 heteroatoms. The normalized spacial score (nSPS) is 51.1. The van der Waals surface area contributed by atoms with Gasteiger partial charge in [0.2, 0.25) is 5.79 Å². The second-order valence-corrected chi connectivity index (χ2v) is 7.42. The minimum atomic E-state index is -0.860. The average Bonchev–Trinajstić information content (AvgIpc) is 3.08. The van der Waals surface area contributed by atoms with Crippen LogP contribution >= 0.6 is 0 Å². The first-order valence-electron chi connectivity index (χ1n) is 8.14. The summed E-state index contributed by atoms with van der Waals surface area (Å²) in [6, 6.07) is 0. The van der Waals surface area contributed by atoms with E-state index >= 15 is 0 Å². The number of carbonyl (C=O) groups excluding carboxylic acids is 1. The predicted octanol–water partition coefficient (Wildman–Crippen LogP) is 2.96. The smallest absolute Gasteiger partial charge is 0.336 e. The molecular formula is C17H24O4. The fraction of sp³-hybridized carbons (Fsp3) is 0.824. The van der Waals surface area contributed by atoms with Crippen molar-refractivity contribution in [2.45, 2.75) is 70.9 Å². The highest BCUT2D eigenvalue weighted by Gasteiger charge is 2.76. The van der Waals surface area contributed by atoms with Gasteiger partial charge in [-0.25, -0.2) is 4.79 Å². The third kappa shape index (κ3) is 1.45. The summed E-state index contributed by atoms with van der Waals surface area (Å²) in [6.07, 6.45) is 4.15. The maximum Gasteiger partial charge on any atom is 0.336 e. The fourth-order valence-electron chi connectivity index (χ4n) is 5.05. The van der Waals surface area contributed by atoms with Gasteiger partial charge in [-0.3, -0.25) is 0 Å². The van der Waals surface area contributed by atoms with Gasteiger partial charge in [0.05, 0.1) is 6.10 Å². The SMILES string of the molecule is CCO[C@@]12C[C@@]34O[C@@H]3CC[C@H](C)[C@@]4(C)CC1=C(C)C(=O)O2. The molecule has 2 saturated carbocycles. The highest BCUT2D eigenvalue weighted by molar-refractivity contribution is 5.92.